The maximum atomic E-state index is 11.6. The van der Waals surface area contributed by atoms with Gasteiger partial charge in [-0.1, -0.05) is 18.2 Å². The van der Waals surface area contributed by atoms with Crippen molar-refractivity contribution in [2.24, 2.45) is 0 Å². The summed E-state index contributed by atoms with van der Waals surface area (Å²) in [6, 6.07) is 7.45. The first-order valence-electron chi connectivity index (χ1n) is 6.15. The zero-order valence-electron chi connectivity index (χ0n) is 10.8. The highest BCUT2D eigenvalue weighted by Crippen LogP contribution is 2.09. The molecule has 1 aromatic carbocycles. The normalized spacial score (nSPS) is 10.4. The number of carbonyl (C=O) groups is 1. The number of ether oxygens (including phenoxy) is 1. The fourth-order valence-electron chi connectivity index (χ4n) is 1.85. The van der Waals surface area contributed by atoms with E-state index in [0.717, 1.165) is 24.2 Å². The molecule has 1 aromatic heterocycles. The van der Waals surface area contributed by atoms with Gasteiger partial charge in [0.05, 0.1) is 19.0 Å². The van der Waals surface area contributed by atoms with Crippen LogP contribution in [0.2, 0.25) is 0 Å². The average molecular weight is 259 g/mol. The van der Waals surface area contributed by atoms with E-state index in [9.17, 15) is 4.79 Å². The van der Waals surface area contributed by atoms with Crippen molar-refractivity contribution >= 4 is 5.97 Å². The molecule has 1 heterocycles. The molecule has 0 fully saturated rings. The van der Waals surface area contributed by atoms with Gasteiger partial charge in [0.2, 0.25) is 0 Å². The summed E-state index contributed by atoms with van der Waals surface area (Å²) in [6.07, 6.45) is 4.35. The maximum absolute atomic E-state index is 11.6. The lowest BCUT2D eigenvalue weighted by atomic mass is 10.1. The third kappa shape index (κ3) is 3.66. The summed E-state index contributed by atoms with van der Waals surface area (Å²) in [4.78, 5) is 18.6. The molecule has 2 N–H and O–H groups in total. The topological polar surface area (TPSA) is 67.0 Å². The summed E-state index contributed by atoms with van der Waals surface area (Å²) < 4.78 is 4.76. The highest BCUT2D eigenvalue weighted by molar-refractivity contribution is 5.90. The van der Waals surface area contributed by atoms with Gasteiger partial charge in [0.25, 0.3) is 0 Å². The number of esters is 1. The minimum atomic E-state index is -0.300. The summed E-state index contributed by atoms with van der Waals surface area (Å²) in [6.45, 7) is 1.46. The number of aromatic nitrogens is 2. The Bertz CT molecular complexity index is 523. The van der Waals surface area contributed by atoms with Crippen molar-refractivity contribution < 1.29 is 9.53 Å². The third-order valence-corrected chi connectivity index (χ3v) is 2.86. The zero-order chi connectivity index (χ0) is 13.5. The van der Waals surface area contributed by atoms with E-state index < -0.39 is 0 Å². The molecular formula is C14H17N3O2. The van der Waals surface area contributed by atoms with Crippen molar-refractivity contribution in [3.63, 3.8) is 0 Å². The van der Waals surface area contributed by atoms with E-state index in [2.05, 4.69) is 15.3 Å². The van der Waals surface area contributed by atoms with Crippen LogP contribution in [0.4, 0.5) is 0 Å². The Morgan fingerprint density at radius 2 is 2.26 bits per heavy atom. The van der Waals surface area contributed by atoms with Crippen molar-refractivity contribution in [3.8, 4) is 0 Å². The van der Waals surface area contributed by atoms with Crippen LogP contribution in [-0.4, -0.2) is 29.6 Å². The quantitative estimate of drug-likeness (QED) is 0.610. The van der Waals surface area contributed by atoms with Crippen LogP contribution in [0, 0.1) is 0 Å². The van der Waals surface area contributed by atoms with Gasteiger partial charge in [-0.2, -0.15) is 0 Å². The van der Waals surface area contributed by atoms with Gasteiger partial charge in [0.15, 0.2) is 0 Å². The molecule has 0 spiro atoms. The Hall–Kier alpha value is -2.14. The Kier molecular flexibility index (Phi) is 4.69. The molecule has 0 saturated carbocycles. The first-order chi connectivity index (χ1) is 9.31. The lowest BCUT2D eigenvalue weighted by molar-refractivity contribution is 0.0599. The lowest BCUT2D eigenvalue weighted by Gasteiger charge is -2.08. The highest BCUT2D eigenvalue weighted by atomic mass is 16.5. The molecule has 0 bridgehead atoms. The number of benzene rings is 1. The molecule has 0 atom stereocenters. The first-order valence-corrected chi connectivity index (χ1v) is 6.15. The van der Waals surface area contributed by atoms with Crippen LogP contribution in [0.3, 0.4) is 0 Å². The molecule has 0 unspecified atom stereocenters. The predicted octanol–water partition coefficient (Wildman–Crippen LogP) is 1.53. The Balaban J connectivity index is 1.87. The minimum absolute atomic E-state index is 0.300. The number of hydrogen-bond acceptors (Lipinski definition) is 4. The molecule has 19 heavy (non-hydrogen) atoms. The second kappa shape index (κ2) is 6.70. The van der Waals surface area contributed by atoms with Crippen molar-refractivity contribution in [1.82, 2.24) is 15.3 Å². The molecule has 0 amide bonds. The van der Waals surface area contributed by atoms with E-state index in [1.54, 1.807) is 12.4 Å². The molecule has 100 valence electrons. The summed E-state index contributed by atoms with van der Waals surface area (Å²) in [5.74, 6) is -0.300. The number of aromatic amines is 1. The molecule has 2 aromatic rings. The third-order valence-electron chi connectivity index (χ3n) is 2.86. The van der Waals surface area contributed by atoms with E-state index in [0.29, 0.717) is 12.1 Å². The number of H-pyrrole nitrogens is 1. The fourth-order valence-corrected chi connectivity index (χ4v) is 1.85. The van der Waals surface area contributed by atoms with Crippen LogP contribution < -0.4 is 5.32 Å². The minimum Gasteiger partial charge on any atom is -0.465 e. The molecule has 5 heteroatoms. The maximum Gasteiger partial charge on any atom is 0.338 e. The van der Waals surface area contributed by atoms with Gasteiger partial charge < -0.3 is 15.0 Å². The van der Waals surface area contributed by atoms with Crippen molar-refractivity contribution in [1.29, 1.82) is 0 Å². The second-order valence-electron chi connectivity index (χ2n) is 4.15. The zero-order valence-corrected chi connectivity index (χ0v) is 10.8. The molecular weight excluding hydrogens is 242 g/mol. The summed E-state index contributed by atoms with van der Waals surface area (Å²) >= 11 is 0. The number of imidazole rings is 1. The fraction of sp³-hybridized carbons (Fsp3) is 0.286. The SMILES string of the molecule is COC(=O)c1ccccc1CNCCc1cnc[nH]1. The van der Waals surface area contributed by atoms with Gasteiger partial charge in [-0.3, -0.25) is 0 Å². The first kappa shape index (κ1) is 13.3. The Morgan fingerprint density at radius 3 is 3.00 bits per heavy atom. The van der Waals surface area contributed by atoms with E-state index >= 15 is 0 Å². The van der Waals surface area contributed by atoms with Crippen LogP contribution >= 0.6 is 0 Å². The van der Waals surface area contributed by atoms with Gasteiger partial charge in [-0.15, -0.1) is 0 Å². The van der Waals surface area contributed by atoms with Crippen molar-refractivity contribution in [3.05, 3.63) is 53.6 Å². The smallest absolute Gasteiger partial charge is 0.338 e. The van der Waals surface area contributed by atoms with Gasteiger partial charge in [-0.25, -0.2) is 9.78 Å². The average Bonchev–Trinajstić information content (AvgIpc) is 2.96. The number of nitrogens with one attached hydrogen (secondary N) is 2. The Morgan fingerprint density at radius 1 is 1.42 bits per heavy atom. The van der Waals surface area contributed by atoms with Crippen LogP contribution in [0.25, 0.3) is 0 Å². The molecule has 0 saturated heterocycles. The lowest BCUT2D eigenvalue weighted by Crippen LogP contribution is -2.19. The number of carbonyl (C=O) groups excluding carboxylic acids is 1. The molecule has 5 nitrogen and oxygen atoms in total. The predicted molar refractivity (Wildman–Crippen MR) is 71.8 cm³/mol. The Labute approximate surface area is 112 Å². The monoisotopic (exact) mass is 259 g/mol. The van der Waals surface area contributed by atoms with Gasteiger partial charge in [0.1, 0.15) is 0 Å². The van der Waals surface area contributed by atoms with Gasteiger partial charge in [0, 0.05) is 31.4 Å². The van der Waals surface area contributed by atoms with E-state index in [1.165, 1.54) is 7.11 Å². The molecule has 0 aliphatic heterocycles. The highest BCUT2D eigenvalue weighted by Gasteiger charge is 2.09. The van der Waals surface area contributed by atoms with Gasteiger partial charge >= 0.3 is 5.97 Å². The van der Waals surface area contributed by atoms with Crippen molar-refractivity contribution in [2.45, 2.75) is 13.0 Å². The molecule has 0 aliphatic carbocycles. The van der Waals surface area contributed by atoms with E-state index in [-0.39, 0.29) is 5.97 Å². The van der Waals surface area contributed by atoms with E-state index in [1.807, 2.05) is 24.4 Å². The molecule has 0 radical (unpaired) electrons. The number of hydrogen-bond donors (Lipinski definition) is 2. The standard InChI is InChI=1S/C14H17N3O2/c1-19-14(18)13-5-3-2-4-11(13)8-15-7-6-12-9-16-10-17-12/h2-5,9-10,15H,6-8H2,1H3,(H,16,17). The van der Waals surface area contributed by atoms with Crippen molar-refractivity contribution in [2.75, 3.05) is 13.7 Å². The number of nitrogens with zero attached hydrogens (tertiary/aromatic N) is 1. The summed E-state index contributed by atoms with van der Waals surface area (Å²) in [7, 11) is 1.39. The second-order valence-corrected chi connectivity index (χ2v) is 4.15. The van der Waals surface area contributed by atoms with Crippen LogP contribution in [0.1, 0.15) is 21.6 Å². The summed E-state index contributed by atoms with van der Waals surface area (Å²) in [5, 5.41) is 3.30. The number of rotatable bonds is 6. The summed E-state index contributed by atoms with van der Waals surface area (Å²) in [5.41, 5.74) is 2.65. The molecule has 0 aliphatic rings. The molecule has 2 rings (SSSR count). The van der Waals surface area contributed by atoms with Crippen LogP contribution in [-0.2, 0) is 17.7 Å². The van der Waals surface area contributed by atoms with Gasteiger partial charge in [-0.05, 0) is 11.6 Å². The van der Waals surface area contributed by atoms with Crippen LogP contribution in [0.5, 0.6) is 0 Å². The van der Waals surface area contributed by atoms with Crippen LogP contribution in [0.15, 0.2) is 36.8 Å². The largest absolute Gasteiger partial charge is 0.465 e. The number of methoxy groups -OCH3 is 1. The van der Waals surface area contributed by atoms with E-state index in [4.69, 9.17) is 4.74 Å².